The highest BCUT2D eigenvalue weighted by Crippen LogP contribution is 2.34. The van der Waals surface area contributed by atoms with E-state index in [1.807, 2.05) is 6.92 Å². The van der Waals surface area contributed by atoms with Gasteiger partial charge in [0.05, 0.1) is 12.4 Å². The van der Waals surface area contributed by atoms with Gasteiger partial charge in [-0.25, -0.2) is 4.98 Å². The van der Waals surface area contributed by atoms with E-state index in [-0.39, 0.29) is 28.5 Å². The molecule has 0 unspecified atom stereocenters. The number of ether oxygens (including phenoxy) is 1. The molecule has 154 valence electrons. The third kappa shape index (κ3) is 4.97. The highest BCUT2D eigenvalue weighted by Gasteiger charge is 2.24. The maximum atomic E-state index is 12.5. The van der Waals surface area contributed by atoms with Crippen molar-refractivity contribution < 1.29 is 14.5 Å². The second-order valence-corrected chi connectivity index (χ2v) is 7.81. The van der Waals surface area contributed by atoms with Crippen LogP contribution in [0.4, 0.5) is 5.82 Å². The van der Waals surface area contributed by atoms with Crippen molar-refractivity contribution >= 4 is 35.0 Å². The quantitative estimate of drug-likeness (QED) is 0.419. The number of thioether (sulfide) groups is 1. The summed E-state index contributed by atoms with van der Waals surface area (Å²) in [5, 5.41) is 20.5. The van der Waals surface area contributed by atoms with E-state index >= 15 is 0 Å². The van der Waals surface area contributed by atoms with Crippen LogP contribution in [0.15, 0.2) is 53.6 Å². The van der Waals surface area contributed by atoms with E-state index in [9.17, 15) is 15.3 Å². The molecular formula is C23H18ClN4O2S+. The fourth-order valence-electron chi connectivity index (χ4n) is 2.98. The van der Waals surface area contributed by atoms with Crippen LogP contribution in [-0.4, -0.2) is 18.1 Å². The number of ketones is 1. The van der Waals surface area contributed by atoms with Crippen LogP contribution in [0.25, 0.3) is 11.1 Å². The zero-order chi connectivity index (χ0) is 22.4. The minimum atomic E-state index is -0.121. The molecule has 0 aliphatic rings. The first kappa shape index (κ1) is 22.2. The highest BCUT2D eigenvalue weighted by molar-refractivity contribution is 7.99. The molecule has 0 bridgehead atoms. The van der Waals surface area contributed by atoms with E-state index in [1.54, 1.807) is 48.5 Å². The summed E-state index contributed by atoms with van der Waals surface area (Å²) in [4.78, 5) is 15.4. The molecule has 0 aliphatic carbocycles. The first-order chi connectivity index (χ1) is 15.0. The molecule has 0 saturated heterocycles. The number of rotatable bonds is 7. The Labute approximate surface area is 189 Å². The molecule has 0 saturated carbocycles. The summed E-state index contributed by atoms with van der Waals surface area (Å²) in [7, 11) is 0. The zero-order valence-corrected chi connectivity index (χ0v) is 18.2. The number of nitrogens with zero attached hydrogens (tertiary/aromatic N) is 2. The maximum absolute atomic E-state index is 12.5. The van der Waals surface area contributed by atoms with Gasteiger partial charge in [0.15, 0.2) is 10.8 Å². The lowest BCUT2D eigenvalue weighted by Gasteiger charge is -2.11. The second kappa shape index (κ2) is 9.99. The Hall–Kier alpha value is -3.52. The van der Waals surface area contributed by atoms with Gasteiger partial charge in [0.25, 0.3) is 5.82 Å². The van der Waals surface area contributed by atoms with Crippen molar-refractivity contribution in [2.24, 2.45) is 0 Å². The molecule has 0 spiro atoms. The first-order valence-electron chi connectivity index (χ1n) is 9.32. The van der Waals surface area contributed by atoms with Crippen LogP contribution in [-0.2, 0) is 0 Å². The average molecular weight is 450 g/mol. The maximum Gasteiger partial charge on any atom is 0.289 e. The summed E-state index contributed by atoms with van der Waals surface area (Å²) in [6, 6.07) is 17.9. The van der Waals surface area contributed by atoms with Gasteiger partial charge in [0, 0.05) is 16.1 Å². The molecule has 2 aromatic carbocycles. The van der Waals surface area contributed by atoms with Crippen molar-refractivity contribution in [2.45, 2.75) is 11.9 Å². The Morgan fingerprint density at radius 1 is 1.10 bits per heavy atom. The summed E-state index contributed by atoms with van der Waals surface area (Å²) >= 11 is 7.03. The Bertz CT molecular complexity index is 1200. The molecule has 0 atom stereocenters. The fourth-order valence-corrected chi connectivity index (χ4v) is 4.02. The summed E-state index contributed by atoms with van der Waals surface area (Å²) in [5.74, 6) is 0.777. The summed E-state index contributed by atoms with van der Waals surface area (Å²) in [6.07, 6.45) is 0. The number of carbonyl (C=O) groups excluding carboxylic acids is 1. The van der Waals surface area contributed by atoms with Gasteiger partial charge in [-0.1, -0.05) is 35.5 Å². The number of hydrogen-bond acceptors (Lipinski definition) is 6. The molecule has 3 rings (SSSR count). The highest BCUT2D eigenvalue weighted by atomic mass is 35.5. The van der Waals surface area contributed by atoms with Crippen LogP contribution < -0.4 is 15.5 Å². The van der Waals surface area contributed by atoms with Crippen LogP contribution in [0.5, 0.6) is 5.75 Å². The predicted molar refractivity (Wildman–Crippen MR) is 120 cm³/mol. The van der Waals surface area contributed by atoms with Crippen molar-refractivity contribution in [3.05, 3.63) is 70.2 Å². The Morgan fingerprint density at radius 2 is 1.74 bits per heavy atom. The lowest BCUT2D eigenvalue weighted by atomic mass is 9.97. The molecule has 1 aromatic heterocycles. The van der Waals surface area contributed by atoms with Crippen LogP contribution in [0.3, 0.4) is 0 Å². The number of Topliss-reactive ketones (excluding diaryl/α,β-unsaturated/α-hetero) is 1. The molecule has 1 heterocycles. The molecule has 3 aromatic rings. The minimum Gasteiger partial charge on any atom is -0.494 e. The van der Waals surface area contributed by atoms with Crippen molar-refractivity contribution in [2.75, 3.05) is 18.1 Å². The molecule has 0 fully saturated rings. The second-order valence-electron chi connectivity index (χ2n) is 6.39. The molecule has 6 nitrogen and oxygen atoms in total. The van der Waals surface area contributed by atoms with E-state index in [0.717, 1.165) is 11.8 Å². The van der Waals surface area contributed by atoms with E-state index in [4.69, 9.17) is 22.1 Å². The van der Waals surface area contributed by atoms with Crippen LogP contribution in [0.1, 0.15) is 28.4 Å². The zero-order valence-electron chi connectivity index (χ0n) is 16.6. The lowest BCUT2D eigenvalue weighted by molar-refractivity contribution is -0.410. The van der Waals surface area contributed by atoms with Crippen LogP contribution in [0.2, 0.25) is 5.02 Å². The third-order valence-corrected chi connectivity index (χ3v) is 5.69. The topological polar surface area (TPSA) is 114 Å². The molecule has 0 amide bonds. The van der Waals surface area contributed by atoms with Crippen molar-refractivity contribution in [1.29, 1.82) is 10.5 Å². The van der Waals surface area contributed by atoms with Crippen molar-refractivity contribution in [3.8, 4) is 29.0 Å². The standard InChI is InChI=1S/C23H17ClN4O2S/c1-2-30-17-9-5-15(6-10-17)21-18(11-25)22(27)28-23(19(21)12-26)31-13-20(29)14-3-7-16(24)8-4-14/h3-10H,2,13H2,1H3,(H2,27,28)/p+1. The number of nitriles is 2. The van der Waals surface area contributed by atoms with Gasteiger partial charge in [-0.05, 0) is 48.9 Å². The average Bonchev–Trinajstić information content (AvgIpc) is 2.78. The minimum absolute atomic E-state index is 0.0842. The van der Waals surface area contributed by atoms with E-state index in [2.05, 4.69) is 17.1 Å². The molecule has 0 radical (unpaired) electrons. The number of benzene rings is 2. The Morgan fingerprint density at radius 3 is 2.32 bits per heavy atom. The number of hydrogen-bond donors (Lipinski definition) is 1. The summed E-state index contributed by atoms with van der Waals surface area (Å²) < 4.78 is 5.46. The monoisotopic (exact) mass is 449 g/mol. The number of nitrogen functional groups attached to an aromatic ring is 1. The smallest absolute Gasteiger partial charge is 0.289 e. The van der Waals surface area contributed by atoms with Gasteiger partial charge < -0.3 is 4.74 Å². The third-order valence-electron chi connectivity index (χ3n) is 4.44. The van der Waals surface area contributed by atoms with Crippen molar-refractivity contribution in [1.82, 2.24) is 0 Å². The number of nitrogens with one attached hydrogen (secondary N) is 1. The van der Waals surface area contributed by atoms with Gasteiger partial charge in [0.2, 0.25) is 0 Å². The van der Waals surface area contributed by atoms with E-state index < -0.39 is 0 Å². The summed E-state index contributed by atoms with van der Waals surface area (Å²) in [5.41, 5.74) is 8.10. The SMILES string of the molecule is CCOc1ccc(-c2c(C#N)c(N)[nH+]c(SCC(=O)c3ccc(Cl)cc3)c2C#N)cc1. The number of carbonyl (C=O) groups is 1. The number of aromatic nitrogens is 1. The number of H-pyrrole nitrogens is 1. The lowest BCUT2D eigenvalue weighted by Crippen LogP contribution is -2.19. The number of nitrogens with two attached hydrogens (primary N) is 1. The predicted octanol–water partition coefficient (Wildman–Crippen LogP) is 4.52. The normalized spacial score (nSPS) is 10.2. The van der Waals surface area contributed by atoms with Crippen molar-refractivity contribution in [3.63, 3.8) is 0 Å². The number of pyridine rings is 1. The summed E-state index contributed by atoms with van der Waals surface area (Å²) in [6.45, 7) is 2.42. The molecule has 31 heavy (non-hydrogen) atoms. The Kier molecular flexibility index (Phi) is 7.15. The fraction of sp³-hybridized carbons (Fsp3) is 0.130. The van der Waals surface area contributed by atoms with E-state index in [1.165, 1.54) is 0 Å². The number of aromatic amines is 1. The molecule has 8 heteroatoms. The van der Waals surface area contributed by atoms with Gasteiger partial charge >= 0.3 is 0 Å². The van der Waals surface area contributed by atoms with Crippen LogP contribution >= 0.6 is 23.4 Å². The van der Waals surface area contributed by atoms with Gasteiger partial charge in [-0.3, -0.25) is 10.5 Å². The molecular weight excluding hydrogens is 432 g/mol. The largest absolute Gasteiger partial charge is 0.494 e. The van der Waals surface area contributed by atoms with Gasteiger partial charge in [0.1, 0.15) is 29.0 Å². The van der Waals surface area contributed by atoms with Gasteiger partial charge in [-0.15, -0.1) is 0 Å². The Balaban J connectivity index is 1.98. The van der Waals surface area contributed by atoms with Crippen LogP contribution in [0, 0.1) is 22.7 Å². The number of anilines is 1. The molecule has 0 aliphatic heterocycles. The van der Waals surface area contributed by atoms with Gasteiger partial charge in [-0.2, -0.15) is 10.5 Å². The molecule has 3 N–H and O–H groups in total. The number of halogens is 1. The first-order valence-corrected chi connectivity index (χ1v) is 10.7. The van der Waals surface area contributed by atoms with E-state index in [0.29, 0.717) is 39.1 Å².